The van der Waals surface area contributed by atoms with Crippen LogP contribution in [0.3, 0.4) is 0 Å². The fraction of sp³-hybridized carbons (Fsp3) is 0.611. The second-order valence-corrected chi connectivity index (χ2v) is 7.97. The molecular formula is C18H25N5O2S. The number of rotatable bonds is 4. The first-order chi connectivity index (χ1) is 12.6. The second-order valence-electron chi connectivity index (χ2n) is 7.26. The number of nitrogens with one attached hydrogen (secondary N) is 1. The van der Waals surface area contributed by atoms with Gasteiger partial charge in [0.2, 0.25) is 0 Å². The third kappa shape index (κ3) is 3.54. The molecule has 26 heavy (non-hydrogen) atoms. The van der Waals surface area contributed by atoms with E-state index in [1.165, 1.54) is 0 Å². The van der Waals surface area contributed by atoms with Crippen LogP contribution in [0.2, 0.25) is 0 Å². The van der Waals surface area contributed by atoms with Crippen molar-refractivity contribution in [3.05, 3.63) is 33.5 Å². The number of carbonyl (C=O) groups is 1. The molecule has 4 rings (SSSR count). The number of hydrogen-bond acceptors (Lipinski definition) is 6. The molecule has 0 unspecified atom stereocenters. The van der Waals surface area contributed by atoms with Gasteiger partial charge in [-0.05, 0) is 32.1 Å². The van der Waals surface area contributed by atoms with Gasteiger partial charge in [-0.2, -0.15) is 5.10 Å². The average molecular weight is 375 g/mol. The lowest BCUT2D eigenvalue weighted by Crippen LogP contribution is -2.54. The summed E-state index contributed by atoms with van der Waals surface area (Å²) in [6, 6.07) is -0.219. The Balaban J connectivity index is 1.39. The van der Waals surface area contributed by atoms with Crippen LogP contribution in [0.4, 0.5) is 0 Å². The predicted octanol–water partition coefficient (Wildman–Crippen LogP) is 1.12. The number of amides is 1. The highest BCUT2D eigenvalue weighted by Crippen LogP contribution is 2.24. The lowest BCUT2D eigenvalue weighted by Gasteiger charge is -2.36. The minimum absolute atomic E-state index is 0.111. The van der Waals surface area contributed by atoms with Crippen LogP contribution in [0, 0.1) is 0 Å². The summed E-state index contributed by atoms with van der Waals surface area (Å²) in [4.78, 5) is 19.3. The molecule has 2 N–H and O–H groups in total. The molecule has 3 heterocycles. The standard InChI is InChI=1S/C18H25N5O2S/c1-22-17(13-4-2-3-5-14(13)21-22)18(25)20-15-6-7-23(9-16(15)24)8-12-10-26-11-19-12/h10-11,15-16,24H,2-9H2,1H3,(H,20,25)/t15-,16-/m1/s1. The second kappa shape index (κ2) is 7.46. The molecule has 140 valence electrons. The van der Waals surface area contributed by atoms with Gasteiger partial charge in [0.05, 0.1) is 29.0 Å². The third-order valence-electron chi connectivity index (χ3n) is 5.39. The zero-order chi connectivity index (χ0) is 18.1. The number of β-amino-alcohol motifs (C(OH)–C–C–N with tert-alkyl or cyclic N) is 1. The summed E-state index contributed by atoms with van der Waals surface area (Å²) in [5, 5.41) is 20.1. The zero-order valence-electron chi connectivity index (χ0n) is 15.0. The molecule has 2 aliphatic rings. The summed E-state index contributed by atoms with van der Waals surface area (Å²) in [5.74, 6) is -0.111. The van der Waals surface area contributed by atoms with Crippen LogP contribution in [0.1, 0.15) is 46.7 Å². The number of aliphatic hydroxyl groups excluding tert-OH is 1. The van der Waals surface area contributed by atoms with Crippen LogP contribution in [-0.4, -0.2) is 55.9 Å². The van der Waals surface area contributed by atoms with Crippen LogP contribution in [0.15, 0.2) is 10.9 Å². The highest BCUT2D eigenvalue weighted by Gasteiger charge is 2.31. The van der Waals surface area contributed by atoms with E-state index in [0.717, 1.165) is 62.1 Å². The van der Waals surface area contributed by atoms with Crippen molar-refractivity contribution < 1.29 is 9.90 Å². The van der Waals surface area contributed by atoms with Gasteiger partial charge >= 0.3 is 0 Å². The van der Waals surface area contributed by atoms with E-state index >= 15 is 0 Å². The molecular weight excluding hydrogens is 350 g/mol. The zero-order valence-corrected chi connectivity index (χ0v) is 15.8. The molecule has 1 aliphatic heterocycles. The molecule has 0 saturated carbocycles. The van der Waals surface area contributed by atoms with Gasteiger partial charge in [-0.15, -0.1) is 11.3 Å². The van der Waals surface area contributed by atoms with Crippen molar-refractivity contribution >= 4 is 17.2 Å². The van der Waals surface area contributed by atoms with E-state index in [0.29, 0.717) is 12.2 Å². The first kappa shape index (κ1) is 17.6. The Bertz CT molecular complexity index is 773. The molecule has 2 atom stereocenters. The van der Waals surface area contributed by atoms with Crippen molar-refractivity contribution in [3.63, 3.8) is 0 Å². The number of fused-ring (bicyclic) bond motifs is 1. The van der Waals surface area contributed by atoms with E-state index in [1.807, 2.05) is 17.9 Å². The van der Waals surface area contributed by atoms with Crippen molar-refractivity contribution in [1.29, 1.82) is 0 Å². The minimum atomic E-state index is -0.574. The highest BCUT2D eigenvalue weighted by molar-refractivity contribution is 7.07. The van der Waals surface area contributed by atoms with Crippen molar-refractivity contribution in [1.82, 2.24) is 25.0 Å². The van der Waals surface area contributed by atoms with Gasteiger partial charge in [0, 0.05) is 37.6 Å². The topological polar surface area (TPSA) is 83.3 Å². The number of likely N-dealkylation sites (tertiary alicyclic amines) is 1. The normalized spacial score (nSPS) is 23.6. The summed E-state index contributed by atoms with van der Waals surface area (Å²) in [7, 11) is 1.83. The number of aryl methyl sites for hydroxylation is 2. The molecule has 0 bridgehead atoms. The van der Waals surface area contributed by atoms with E-state index in [9.17, 15) is 9.90 Å². The molecule has 8 heteroatoms. The third-order valence-corrected chi connectivity index (χ3v) is 6.02. The van der Waals surface area contributed by atoms with E-state index in [1.54, 1.807) is 16.0 Å². The van der Waals surface area contributed by atoms with Crippen molar-refractivity contribution in [3.8, 4) is 0 Å². The Morgan fingerprint density at radius 3 is 3.04 bits per heavy atom. The Labute approximate surface area is 157 Å². The average Bonchev–Trinajstić information content (AvgIpc) is 3.23. The lowest BCUT2D eigenvalue weighted by atomic mass is 9.95. The first-order valence-corrected chi connectivity index (χ1v) is 10.2. The van der Waals surface area contributed by atoms with Gasteiger partial charge < -0.3 is 10.4 Å². The van der Waals surface area contributed by atoms with Crippen LogP contribution in [0.5, 0.6) is 0 Å². The van der Waals surface area contributed by atoms with Gasteiger partial charge in [-0.3, -0.25) is 14.4 Å². The monoisotopic (exact) mass is 375 g/mol. The molecule has 1 fully saturated rings. The summed E-state index contributed by atoms with van der Waals surface area (Å²) in [6.45, 7) is 2.13. The fourth-order valence-electron chi connectivity index (χ4n) is 4.06. The highest BCUT2D eigenvalue weighted by atomic mass is 32.1. The number of piperidine rings is 1. The first-order valence-electron chi connectivity index (χ1n) is 9.25. The maximum atomic E-state index is 12.8. The summed E-state index contributed by atoms with van der Waals surface area (Å²) in [5.41, 5.74) is 5.67. The Morgan fingerprint density at radius 1 is 1.42 bits per heavy atom. The van der Waals surface area contributed by atoms with Gasteiger partial charge in [0.15, 0.2) is 0 Å². The number of thiazole rings is 1. The maximum Gasteiger partial charge on any atom is 0.270 e. The molecule has 1 aliphatic carbocycles. The lowest BCUT2D eigenvalue weighted by molar-refractivity contribution is 0.0343. The Hall–Kier alpha value is -1.77. The van der Waals surface area contributed by atoms with Crippen molar-refractivity contribution in [2.45, 2.75) is 50.8 Å². The molecule has 0 aromatic carbocycles. The molecule has 1 amide bonds. The van der Waals surface area contributed by atoms with Crippen LogP contribution in [0.25, 0.3) is 0 Å². The summed E-state index contributed by atoms with van der Waals surface area (Å²) >= 11 is 1.58. The van der Waals surface area contributed by atoms with Gasteiger partial charge in [0.1, 0.15) is 5.69 Å². The number of nitrogens with zero attached hydrogens (tertiary/aromatic N) is 4. The quantitative estimate of drug-likeness (QED) is 0.837. The number of carbonyl (C=O) groups excluding carboxylic acids is 1. The minimum Gasteiger partial charge on any atom is -0.390 e. The SMILES string of the molecule is Cn1nc2c(c1C(=O)N[C@@H]1CCN(Cc3cscn3)C[C@H]1O)CCCC2. The summed E-state index contributed by atoms with van der Waals surface area (Å²) < 4.78 is 1.70. The Morgan fingerprint density at radius 2 is 2.27 bits per heavy atom. The van der Waals surface area contributed by atoms with E-state index < -0.39 is 6.10 Å². The maximum absolute atomic E-state index is 12.8. The summed E-state index contributed by atoms with van der Waals surface area (Å²) in [6.07, 6.45) is 4.28. The number of aromatic nitrogens is 3. The van der Waals surface area contributed by atoms with Crippen molar-refractivity contribution in [2.24, 2.45) is 7.05 Å². The molecule has 0 radical (unpaired) electrons. The van der Waals surface area contributed by atoms with E-state index in [4.69, 9.17) is 0 Å². The van der Waals surface area contributed by atoms with Crippen LogP contribution in [-0.2, 0) is 26.4 Å². The molecule has 0 spiro atoms. The van der Waals surface area contributed by atoms with E-state index in [-0.39, 0.29) is 11.9 Å². The fourth-order valence-corrected chi connectivity index (χ4v) is 4.61. The largest absolute Gasteiger partial charge is 0.390 e. The van der Waals surface area contributed by atoms with Gasteiger partial charge in [0.25, 0.3) is 5.91 Å². The van der Waals surface area contributed by atoms with Gasteiger partial charge in [-0.25, -0.2) is 4.98 Å². The van der Waals surface area contributed by atoms with Crippen LogP contribution >= 0.6 is 11.3 Å². The van der Waals surface area contributed by atoms with E-state index in [2.05, 4.69) is 20.3 Å². The smallest absolute Gasteiger partial charge is 0.270 e. The van der Waals surface area contributed by atoms with Crippen molar-refractivity contribution in [2.75, 3.05) is 13.1 Å². The number of aliphatic hydroxyl groups is 1. The number of hydrogen-bond donors (Lipinski definition) is 2. The molecule has 7 nitrogen and oxygen atoms in total. The predicted molar refractivity (Wildman–Crippen MR) is 99.1 cm³/mol. The van der Waals surface area contributed by atoms with Gasteiger partial charge in [-0.1, -0.05) is 0 Å². The molecule has 1 saturated heterocycles. The molecule has 2 aromatic heterocycles. The molecule has 2 aromatic rings. The Kier molecular flexibility index (Phi) is 5.06. The van der Waals surface area contributed by atoms with Crippen LogP contribution < -0.4 is 5.32 Å².